The quantitative estimate of drug-likeness (QED) is 0.929. The fourth-order valence-electron chi connectivity index (χ4n) is 2.63. The molecule has 2 heterocycles. The van der Waals surface area contributed by atoms with E-state index in [1.165, 1.54) is 0 Å². The highest BCUT2D eigenvalue weighted by Crippen LogP contribution is 2.28. The van der Waals surface area contributed by atoms with Gasteiger partial charge in [-0.2, -0.15) is 4.98 Å². The van der Waals surface area contributed by atoms with Crippen LogP contribution in [0.1, 0.15) is 40.6 Å². The van der Waals surface area contributed by atoms with Crippen molar-refractivity contribution in [2.24, 2.45) is 0 Å². The third-order valence-corrected chi connectivity index (χ3v) is 3.92. The summed E-state index contributed by atoms with van der Waals surface area (Å²) in [4.78, 5) is 18.6. The van der Waals surface area contributed by atoms with Crippen molar-refractivity contribution < 1.29 is 19.2 Å². The predicted molar refractivity (Wildman–Crippen MR) is 81.1 cm³/mol. The molecule has 1 atom stereocenters. The van der Waals surface area contributed by atoms with Crippen molar-refractivity contribution in [3.8, 4) is 5.75 Å². The SMILES string of the molecule is CCc1ccc(C(=O)N2CCOCC2c2nc(C)no2)c(O)c1. The van der Waals surface area contributed by atoms with E-state index in [0.717, 1.165) is 12.0 Å². The van der Waals surface area contributed by atoms with E-state index in [1.54, 1.807) is 24.0 Å². The smallest absolute Gasteiger partial charge is 0.258 e. The van der Waals surface area contributed by atoms with E-state index in [4.69, 9.17) is 9.26 Å². The molecule has 7 nitrogen and oxygen atoms in total. The number of ether oxygens (including phenoxy) is 1. The number of aromatic hydroxyl groups is 1. The molecule has 1 N–H and O–H groups in total. The van der Waals surface area contributed by atoms with Gasteiger partial charge in [0.05, 0.1) is 18.8 Å². The van der Waals surface area contributed by atoms with Gasteiger partial charge in [-0.15, -0.1) is 0 Å². The number of aromatic nitrogens is 2. The van der Waals surface area contributed by atoms with Gasteiger partial charge in [0.2, 0.25) is 0 Å². The highest BCUT2D eigenvalue weighted by Gasteiger charge is 2.34. The van der Waals surface area contributed by atoms with Gasteiger partial charge in [0, 0.05) is 6.54 Å². The van der Waals surface area contributed by atoms with Crippen molar-refractivity contribution in [3.63, 3.8) is 0 Å². The molecule has 0 saturated carbocycles. The molecule has 2 aromatic rings. The maximum atomic E-state index is 12.8. The highest BCUT2D eigenvalue weighted by atomic mass is 16.5. The third kappa shape index (κ3) is 3.05. The molecule has 1 unspecified atom stereocenters. The average Bonchev–Trinajstić information content (AvgIpc) is 3.00. The van der Waals surface area contributed by atoms with Crippen molar-refractivity contribution >= 4 is 5.91 Å². The lowest BCUT2D eigenvalue weighted by molar-refractivity contribution is -0.0120. The molecule has 1 amide bonds. The van der Waals surface area contributed by atoms with Crippen molar-refractivity contribution in [3.05, 3.63) is 41.0 Å². The van der Waals surface area contributed by atoms with E-state index >= 15 is 0 Å². The molecule has 23 heavy (non-hydrogen) atoms. The van der Waals surface area contributed by atoms with Crippen LogP contribution < -0.4 is 0 Å². The number of rotatable bonds is 3. The molecule has 1 aromatic heterocycles. The summed E-state index contributed by atoms with van der Waals surface area (Å²) in [7, 11) is 0. The first-order valence-electron chi connectivity index (χ1n) is 7.61. The van der Waals surface area contributed by atoms with Crippen molar-refractivity contribution in [2.75, 3.05) is 19.8 Å². The Balaban J connectivity index is 1.89. The second kappa shape index (κ2) is 6.37. The van der Waals surface area contributed by atoms with E-state index < -0.39 is 6.04 Å². The van der Waals surface area contributed by atoms with E-state index in [2.05, 4.69) is 10.1 Å². The average molecular weight is 317 g/mol. The molecule has 0 spiro atoms. The lowest BCUT2D eigenvalue weighted by Gasteiger charge is -2.33. The number of hydrogen-bond donors (Lipinski definition) is 1. The largest absolute Gasteiger partial charge is 0.507 e. The van der Waals surface area contributed by atoms with Crippen LogP contribution in [0.15, 0.2) is 22.7 Å². The number of carbonyl (C=O) groups excluding carboxylic acids is 1. The highest BCUT2D eigenvalue weighted by molar-refractivity contribution is 5.97. The van der Waals surface area contributed by atoms with Crippen LogP contribution in [0.4, 0.5) is 0 Å². The Morgan fingerprint density at radius 2 is 2.30 bits per heavy atom. The van der Waals surface area contributed by atoms with Gasteiger partial charge in [0.15, 0.2) is 5.82 Å². The van der Waals surface area contributed by atoms with E-state index in [9.17, 15) is 9.90 Å². The van der Waals surface area contributed by atoms with Gasteiger partial charge in [-0.25, -0.2) is 0 Å². The number of amides is 1. The zero-order valence-electron chi connectivity index (χ0n) is 13.2. The van der Waals surface area contributed by atoms with Crippen molar-refractivity contribution in [1.82, 2.24) is 15.0 Å². The lowest BCUT2D eigenvalue weighted by Crippen LogP contribution is -2.43. The maximum absolute atomic E-state index is 12.8. The van der Waals surface area contributed by atoms with Crippen LogP contribution in [0.3, 0.4) is 0 Å². The van der Waals surface area contributed by atoms with E-state index in [-0.39, 0.29) is 17.2 Å². The minimum atomic E-state index is -0.442. The van der Waals surface area contributed by atoms with Gasteiger partial charge in [-0.1, -0.05) is 18.1 Å². The van der Waals surface area contributed by atoms with Crippen LogP contribution in [0, 0.1) is 6.92 Å². The molecule has 7 heteroatoms. The summed E-state index contributed by atoms with van der Waals surface area (Å²) in [5, 5.41) is 13.9. The molecule has 0 bridgehead atoms. The predicted octanol–water partition coefficient (Wildman–Crippen LogP) is 1.86. The number of morpholine rings is 1. The van der Waals surface area contributed by atoms with Gasteiger partial charge in [0.1, 0.15) is 11.8 Å². The number of phenolic OH excluding ortho intramolecular Hbond substituents is 1. The maximum Gasteiger partial charge on any atom is 0.258 e. The van der Waals surface area contributed by atoms with Crippen molar-refractivity contribution in [1.29, 1.82) is 0 Å². The number of aryl methyl sites for hydroxylation is 2. The Kier molecular flexibility index (Phi) is 4.29. The molecule has 1 aliphatic heterocycles. The van der Waals surface area contributed by atoms with Gasteiger partial charge in [-0.05, 0) is 31.0 Å². The van der Waals surface area contributed by atoms with Crippen LogP contribution in [0.25, 0.3) is 0 Å². The van der Waals surface area contributed by atoms with Crippen LogP contribution in [-0.4, -0.2) is 45.8 Å². The first-order valence-corrected chi connectivity index (χ1v) is 7.61. The zero-order valence-corrected chi connectivity index (χ0v) is 13.2. The Morgan fingerprint density at radius 3 is 2.96 bits per heavy atom. The molecule has 1 aromatic carbocycles. The van der Waals surface area contributed by atoms with Crippen LogP contribution in [-0.2, 0) is 11.2 Å². The zero-order chi connectivity index (χ0) is 16.4. The third-order valence-electron chi connectivity index (χ3n) is 3.92. The second-order valence-electron chi connectivity index (χ2n) is 5.47. The molecule has 1 fully saturated rings. The number of phenols is 1. The molecule has 0 aliphatic carbocycles. The molecule has 122 valence electrons. The van der Waals surface area contributed by atoms with Gasteiger partial charge in [-0.3, -0.25) is 4.79 Å². The van der Waals surface area contributed by atoms with E-state index in [1.807, 2.05) is 13.0 Å². The Labute approximate surface area is 133 Å². The number of carbonyl (C=O) groups is 1. The van der Waals surface area contributed by atoms with Gasteiger partial charge >= 0.3 is 0 Å². The molecule has 3 rings (SSSR count). The monoisotopic (exact) mass is 317 g/mol. The summed E-state index contributed by atoms with van der Waals surface area (Å²) < 4.78 is 10.6. The summed E-state index contributed by atoms with van der Waals surface area (Å²) in [5.74, 6) is 0.573. The normalized spacial score (nSPS) is 18.2. The fourth-order valence-corrected chi connectivity index (χ4v) is 2.63. The minimum absolute atomic E-state index is 0.0127. The van der Waals surface area contributed by atoms with E-state index in [0.29, 0.717) is 31.5 Å². The first-order chi connectivity index (χ1) is 11.1. The standard InChI is InChI=1S/C16H19N3O4/c1-3-11-4-5-12(14(20)8-11)16(21)19-6-7-22-9-13(19)15-17-10(2)18-23-15/h4-5,8,13,20H,3,6-7,9H2,1-2H3. The summed E-state index contributed by atoms with van der Waals surface area (Å²) in [6.45, 7) is 4.84. The first kappa shape index (κ1) is 15.5. The van der Waals surface area contributed by atoms with Crippen LogP contribution in [0.5, 0.6) is 5.75 Å². The Hall–Kier alpha value is -2.41. The lowest BCUT2D eigenvalue weighted by atomic mass is 10.1. The molecular weight excluding hydrogens is 298 g/mol. The fraction of sp³-hybridized carbons (Fsp3) is 0.438. The molecule has 0 radical (unpaired) electrons. The molecule has 1 aliphatic rings. The summed E-state index contributed by atoms with van der Waals surface area (Å²) >= 11 is 0. The summed E-state index contributed by atoms with van der Waals surface area (Å²) in [6, 6.07) is 4.68. The Morgan fingerprint density at radius 1 is 1.48 bits per heavy atom. The number of nitrogens with zero attached hydrogens (tertiary/aromatic N) is 3. The van der Waals surface area contributed by atoms with Crippen molar-refractivity contribution in [2.45, 2.75) is 26.3 Å². The minimum Gasteiger partial charge on any atom is -0.507 e. The van der Waals surface area contributed by atoms with Crippen LogP contribution >= 0.6 is 0 Å². The van der Waals surface area contributed by atoms with Gasteiger partial charge < -0.3 is 19.3 Å². The molecule has 1 saturated heterocycles. The topological polar surface area (TPSA) is 88.7 Å². The molecular formula is C16H19N3O4. The summed E-state index contributed by atoms with van der Waals surface area (Å²) in [6.07, 6.45) is 0.795. The number of benzene rings is 1. The summed E-state index contributed by atoms with van der Waals surface area (Å²) in [5.41, 5.74) is 1.25. The van der Waals surface area contributed by atoms with Gasteiger partial charge in [0.25, 0.3) is 11.8 Å². The second-order valence-corrected chi connectivity index (χ2v) is 5.47. The Bertz CT molecular complexity index is 713. The van der Waals surface area contributed by atoms with Crippen LogP contribution in [0.2, 0.25) is 0 Å². The number of hydrogen-bond acceptors (Lipinski definition) is 6.